The van der Waals surface area contributed by atoms with Crippen molar-refractivity contribution >= 4 is 0 Å². The van der Waals surface area contributed by atoms with Gasteiger partial charge >= 0.3 is 6.55 Å². The van der Waals surface area contributed by atoms with Crippen molar-refractivity contribution < 1.29 is 13.5 Å². The van der Waals surface area contributed by atoms with Gasteiger partial charge in [0.15, 0.2) is 0 Å². The molecule has 0 fully saturated rings. The van der Waals surface area contributed by atoms with Crippen LogP contribution in [-0.2, 0) is 12.8 Å². The number of hydrogen-bond acceptors (Lipinski definition) is 2. The second kappa shape index (κ2) is 4.16. The second-order valence-corrected chi connectivity index (χ2v) is 3.65. The summed E-state index contributed by atoms with van der Waals surface area (Å²) in [6.07, 6.45) is 3.34. The highest BCUT2D eigenvalue weighted by Gasteiger charge is 2.25. The summed E-state index contributed by atoms with van der Waals surface area (Å²) >= 11 is 0. The van der Waals surface area contributed by atoms with Crippen LogP contribution < -0.4 is 4.74 Å². The molecular formula is C10H14F2N2O. The number of aromatic nitrogens is 2. The standard InChI is InChI=1S/C10H14F2N2O/c1-2-4-8-7-5-3-6-15-9(7)14(13-8)10(11)12/h10H,2-6H2,1H3. The van der Waals surface area contributed by atoms with Gasteiger partial charge in [-0.15, -0.1) is 0 Å². The van der Waals surface area contributed by atoms with Crippen molar-refractivity contribution in [2.24, 2.45) is 0 Å². The second-order valence-electron chi connectivity index (χ2n) is 3.65. The quantitative estimate of drug-likeness (QED) is 0.776. The third-order valence-electron chi connectivity index (χ3n) is 2.52. The van der Waals surface area contributed by atoms with Gasteiger partial charge in [0.2, 0.25) is 5.88 Å². The van der Waals surface area contributed by atoms with Crippen LogP contribution in [0.2, 0.25) is 0 Å². The van der Waals surface area contributed by atoms with Crippen molar-refractivity contribution in [1.82, 2.24) is 9.78 Å². The first-order chi connectivity index (χ1) is 7.24. The molecule has 0 spiro atoms. The first kappa shape index (κ1) is 10.4. The Kier molecular flexibility index (Phi) is 2.88. The van der Waals surface area contributed by atoms with Crippen LogP contribution in [0, 0.1) is 0 Å². The molecule has 3 nitrogen and oxygen atoms in total. The summed E-state index contributed by atoms with van der Waals surface area (Å²) in [5.74, 6) is 0.278. The lowest BCUT2D eigenvalue weighted by Gasteiger charge is -2.15. The highest BCUT2D eigenvalue weighted by atomic mass is 19.3. The fourth-order valence-electron chi connectivity index (χ4n) is 1.89. The number of ether oxygens (including phenoxy) is 1. The van der Waals surface area contributed by atoms with Gasteiger partial charge in [0.25, 0.3) is 0 Å². The van der Waals surface area contributed by atoms with Gasteiger partial charge in [-0.25, -0.2) is 0 Å². The highest BCUT2D eigenvalue weighted by molar-refractivity contribution is 5.33. The molecule has 2 rings (SSSR count). The van der Waals surface area contributed by atoms with Crippen LogP contribution in [0.4, 0.5) is 8.78 Å². The van der Waals surface area contributed by atoms with Crippen molar-refractivity contribution in [3.8, 4) is 5.88 Å². The Balaban J connectivity index is 2.40. The maximum atomic E-state index is 12.6. The van der Waals surface area contributed by atoms with Crippen LogP contribution in [-0.4, -0.2) is 16.4 Å². The molecule has 0 saturated heterocycles. The van der Waals surface area contributed by atoms with E-state index in [4.69, 9.17) is 4.74 Å². The lowest BCUT2D eigenvalue weighted by molar-refractivity contribution is 0.0437. The van der Waals surface area contributed by atoms with Crippen molar-refractivity contribution in [3.63, 3.8) is 0 Å². The van der Waals surface area contributed by atoms with Crippen LogP contribution in [0.3, 0.4) is 0 Å². The van der Waals surface area contributed by atoms with E-state index in [-0.39, 0.29) is 5.88 Å². The number of nitrogens with zero attached hydrogens (tertiary/aromatic N) is 2. The molecule has 2 heterocycles. The lowest BCUT2D eigenvalue weighted by atomic mass is 10.1. The minimum atomic E-state index is -2.61. The van der Waals surface area contributed by atoms with Crippen LogP contribution >= 0.6 is 0 Å². The molecule has 0 radical (unpaired) electrons. The SMILES string of the molecule is CCCc1nn(C(F)F)c2c1CCCO2. The Bertz CT molecular complexity index is 349. The normalized spacial score (nSPS) is 15.2. The number of aryl methyl sites for hydroxylation is 1. The van der Waals surface area contributed by atoms with Crippen LogP contribution in [0.1, 0.15) is 37.6 Å². The Hall–Kier alpha value is -1.13. The molecule has 15 heavy (non-hydrogen) atoms. The molecular weight excluding hydrogens is 202 g/mol. The highest BCUT2D eigenvalue weighted by Crippen LogP contribution is 2.31. The summed E-state index contributed by atoms with van der Waals surface area (Å²) in [6, 6.07) is 0. The summed E-state index contributed by atoms with van der Waals surface area (Å²) in [6.45, 7) is -0.0866. The van der Waals surface area contributed by atoms with Crippen LogP contribution in [0.25, 0.3) is 0 Å². The average molecular weight is 216 g/mol. The Labute approximate surface area is 87.0 Å². The summed E-state index contributed by atoms with van der Waals surface area (Å²) in [4.78, 5) is 0. The van der Waals surface area contributed by atoms with Gasteiger partial charge in [0.1, 0.15) is 0 Å². The van der Waals surface area contributed by atoms with E-state index in [1.54, 1.807) is 0 Å². The molecule has 0 unspecified atom stereocenters. The van der Waals surface area contributed by atoms with Crippen molar-refractivity contribution in [2.75, 3.05) is 6.61 Å². The number of alkyl halides is 2. The predicted octanol–water partition coefficient (Wildman–Crippen LogP) is 2.56. The van der Waals surface area contributed by atoms with Gasteiger partial charge in [0.05, 0.1) is 12.3 Å². The summed E-state index contributed by atoms with van der Waals surface area (Å²) in [5, 5.41) is 3.92. The number of halogens is 2. The zero-order chi connectivity index (χ0) is 10.8. The molecule has 5 heteroatoms. The van der Waals surface area contributed by atoms with E-state index < -0.39 is 6.55 Å². The monoisotopic (exact) mass is 216 g/mol. The summed E-state index contributed by atoms with van der Waals surface area (Å²) < 4.78 is 31.2. The molecule has 0 saturated carbocycles. The lowest BCUT2D eigenvalue weighted by Crippen LogP contribution is -2.12. The molecule has 0 amide bonds. The van der Waals surface area contributed by atoms with Crippen molar-refractivity contribution in [1.29, 1.82) is 0 Å². The van der Waals surface area contributed by atoms with Gasteiger partial charge in [-0.3, -0.25) is 0 Å². The van der Waals surface area contributed by atoms with E-state index in [2.05, 4.69) is 5.10 Å². The average Bonchev–Trinajstić information content (AvgIpc) is 2.59. The number of rotatable bonds is 3. The molecule has 0 aromatic carbocycles. The van der Waals surface area contributed by atoms with Gasteiger partial charge in [-0.1, -0.05) is 13.3 Å². The number of fused-ring (bicyclic) bond motifs is 1. The van der Waals surface area contributed by atoms with E-state index in [0.717, 1.165) is 36.9 Å². The third-order valence-corrected chi connectivity index (χ3v) is 2.52. The van der Waals surface area contributed by atoms with E-state index in [0.29, 0.717) is 11.3 Å². The van der Waals surface area contributed by atoms with E-state index in [1.165, 1.54) is 0 Å². The maximum Gasteiger partial charge on any atom is 0.336 e. The van der Waals surface area contributed by atoms with Crippen LogP contribution in [0.5, 0.6) is 5.88 Å². The predicted molar refractivity (Wildman–Crippen MR) is 51.3 cm³/mol. The Morgan fingerprint density at radius 1 is 1.53 bits per heavy atom. The minimum absolute atomic E-state index is 0.278. The first-order valence-corrected chi connectivity index (χ1v) is 5.25. The molecule has 1 aliphatic rings. The summed E-state index contributed by atoms with van der Waals surface area (Å²) in [7, 11) is 0. The third kappa shape index (κ3) is 1.82. The fourth-order valence-corrected chi connectivity index (χ4v) is 1.89. The smallest absolute Gasteiger partial charge is 0.336 e. The van der Waals surface area contributed by atoms with Crippen molar-refractivity contribution in [2.45, 2.75) is 39.2 Å². The van der Waals surface area contributed by atoms with Gasteiger partial charge < -0.3 is 4.74 Å². The molecule has 0 N–H and O–H groups in total. The Morgan fingerprint density at radius 2 is 2.33 bits per heavy atom. The molecule has 0 aliphatic carbocycles. The van der Waals surface area contributed by atoms with E-state index >= 15 is 0 Å². The van der Waals surface area contributed by atoms with E-state index in [1.807, 2.05) is 6.92 Å². The zero-order valence-electron chi connectivity index (χ0n) is 8.67. The molecule has 1 aromatic rings. The topological polar surface area (TPSA) is 27.1 Å². The Morgan fingerprint density at radius 3 is 3.00 bits per heavy atom. The molecule has 1 aliphatic heterocycles. The summed E-state index contributed by atoms with van der Waals surface area (Å²) in [5.41, 5.74) is 1.65. The van der Waals surface area contributed by atoms with Crippen LogP contribution in [0.15, 0.2) is 0 Å². The van der Waals surface area contributed by atoms with Gasteiger partial charge in [0, 0.05) is 5.56 Å². The van der Waals surface area contributed by atoms with Gasteiger partial charge in [-0.05, 0) is 19.3 Å². The number of hydrogen-bond donors (Lipinski definition) is 0. The zero-order valence-corrected chi connectivity index (χ0v) is 8.67. The maximum absolute atomic E-state index is 12.6. The van der Waals surface area contributed by atoms with Crippen molar-refractivity contribution in [3.05, 3.63) is 11.3 Å². The first-order valence-electron chi connectivity index (χ1n) is 5.25. The molecule has 1 aromatic heterocycles. The minimum Gasteiger partial charge on any atom is -0.477 e. The fraction of sp³-hybridized carbons (Fsp3) is 0.700. The molecule has 0 bridgehead atoms. The largest absolute Gasteiger partial charge is 0.477 e. The molecule has 0 atom stereocenters. The van der Waals surface area contributed by atoms with E-state index in [9.17, 15) is 8.78 Å². The molecule has 84 valence electrons. The van der Waals surface area contributed by atoms with Gasteiger partial charge in [-0.2, -0.15) is 18.6 Å².